The Kier molecular flexibility index (Phi) is 5.31. The van der Waals surface area contributed by atoms with Gasteiger partial charge in [-0.3, -0.25) is 9.69 Å². The molecule has 0 unspecified atom stereocenters. The van der Waals surface area contributed by atoms with E-state index in [2.05, 4.69) is 22.2 Å². The largest absolute Gasteiger partial charge is 0.325 e. The first-order valence-electron chi connectivity index (χ1n) is 6.71. The molecule has 0 atom stereocenters. The van der Waals surface area contributed by atoms with Crippen LogP contribution in [0.1, 0.15) is 20.3 Å². The van der Waals surface area contributed by atoms with E-state index in [1.54, 1.807) is 13.8 Å². The van der Waals surface area contributed by atoms with Gasteiger partial charge in [0.05, 0.1) is 0 Å². The van der Waals surface area contributed by atoms with Crippen molar-refractivity contribution in [2.45, 2.75) is 25.8 Å². The van der Waals surface area contributed by atoms with Crippen molar-refractivity contribution in [2.75, 3.05) is 47.3 Å². The molecule has 6 nitrogen and oxygen atoms in total. The molecule has 1 fully saturated rings. The van der Waals surface area contributed by atoms with Gasteiger partial charge in [0.1, 0.15) is 5.54 Å². The second-order valence-electron chi connectivity index (χ2n) is 5.97. The first-order chi connectivity index (χ1) is 8.74. The van der Waals surface area contributed by atoms with Crippen LogP contribution in [0.25, 0.3) is 0 Å². The van der Waals surface area contributed by atoms with Crippen LogP contribution in [0.2, 0.25) is 0 Å². The Morgan fingerprint density at radius 1 is 1.11 bits per heavy atom. The van der Waals surface area contributed by atoms with E-state index in [0.29, 0.717) is 6.54 Å². The number of rotatable bonds is 7. The summed E-state index contributed by atoms with van der Waals surface area (Å²) in [6.45, 7) is 6.82. The topological polar surface area (TPSA) is 55.9 Å². The van der Waals surface area contributed by atoms with Crippen LogP contribution in [0.15, 0.2) is 0 Å². The smallest absolute Gasteiger partial charge is 0.324 e. The number of nitrogens with zero attached hydrogens (tertiary/aromatic N) is 3. The van der Waals surface area contributed by atoms with Crippen molar-refractivity contribution in [1.82, 2.24) is 20.0 Å². The molecule has 0 aromatic carbocycles. The molecule has 0 spiro atoms. The highest BCUT2D eigenvalue weighted by Gasteiger charge is 2.43. The SMILES string of the molecule is CN(C)CCN(C)CCCN1C(=O)NC(C)(C)C1=O. The van der Waals surface area contributed by atoms with Gasteiger partial charge in [0.25, 0.3) is 5.91 Å². The molecule has 1 rings (SSSR count). The predicted molar refractivity (Wildman–Crippen MR) is 75.0 cm³/mol. The number of carbonyl (C=O) groups excluding carboxylic acids is 2. The number of urea groups is 1. The van der Waals surface area contributed by atoms with E-state index in [1.165, 1.54) is 4.90 Å². The molecule has 1 saturated heterocycles. The fraction of sp³-hybridized carbons (Fsp3) is 0.846. The third-order valence-corrected chi connectivity index (χ3v) is 3.29. The number of carbonyl (C=O) groups is 2. The van der Waals surface area contributed by atoms with Crippen LogP contribution in [0.5, 0.6) is 0 Å². The molecule has 19 heavy (non-hydrogen) atoms. The summed E-state index contributed by atoms with van der Waals surface area (Å²) < 4.78 is 0. The van der Waals surface area contributed by atoms with Gasteiger partial charge in [0.2, 0.25) is 0 Å². The monoisotopic (exact) mass is 270 g/mol. The summed E-state index contributed by atoms with van der Waals surface area (Å²) in [5.41, 5.74) is -0.756. The van der Waals surface area contributed by atoms with Gasteiger partial charge in [-0.25, -0.2) is 4.79 Å². The van der Waals surface area contributed by atoms with Gasteiger partial charge in [-0.15, -0.1) is 0 Å². The summed E-state index contributed by atoms with van der Waals surface area (Å²) in [4.78, 5) is 29.3. The average molecular weight is 270 g/mol. The number of nitrogens with one attached hydrogen (secondary N) is 1. The lowest BCUT2D eigenvalue weighted by Gasteiger charge is -2.21. The zero-order chi connectivity index (χ0) is 14.6. The quantitative estimate of drug-likeness (QED) is 0.672. The first-order valence-corrected chi connectivity index (χ1v) is 6.71. The highest BCUT2D eigenvalue weighted by atomic mass is 16.2. The van der Waals surface area contributed by atoms with Gasteiger partial charge in [0.15, 0.2) is 0 Å². The van der Waals surface area contributed by atoms with Gasteiger partial charge in [-0.2, -0.15) is 0 Å². The minimum atomic E-state index is -0.756. The molecule has 0 aromatic heterocycles. The molecular weight excluding hydrogens is 244 g/mol. The Hall–Kier alpha value is -1.14. The zero-order valence-electron chi connectivity index (χ0n) is 12.7. The van der Waals surface area contributed by atoms with Gasteiger partial charge in [0, 0.05) is 19.6 Å². The zero-order valence-corrected chi connectivity index (χ0v) is 12.7. The van der Waals surface area contributed by atoms with E-state index in [1.807, 2.05) is 14.1 Å². The second-order valence-corrected chi connectivity index (χ2v) is 5.97. The molecule has 3 amide bonds. The normalized spacial score (nSPS) is 18.6. The number of imide groups is 1. The van der Waals surface area contributed by atoms with Crippen molar-refractivity contribution >= 4 is 11.9 Å². The van der Waals surface area contributed by atoms with E-state index in [-0.39, 0.29) is 11.9 Å². The van der Waals surface area contributed by atoms with E-state index < -0.39 is 5.54 Å². The Morgan fingerprint density at radius 2 is 1.74 bits per heavy atom. The van der Waals surface area contributed by atoms with Crippen molar-refractivity contribution in [3.05, 3.63) is 0 Å². The first kappa shape index (κ1) is 15.9. The van der Waals surface area contributed by atoms with Crippen LogP contribution in [-0.4, -0.2) is 79.5 Å². The van der Waals surface area contributed by atoms with Crippen molar-refractivity contribution in [3.8, 4) is 0 Å². The Bertz CT molecular complexity index is 342. The predicted octanol–water partition coefficient (Wildman–Crippen LogP) is 0.200. The van der Waals surface area contributed by atoms with E-state index in [4.69, 9.17) is 0 Å². The maximum Gasteiger partial charge on any atom is 0.325 e. The lowest BCUT2D eigenvalue weighted by atomic mass is 10.1. The fourth-order valence-electron chi connectivity index (χ4n) is 2.00. The average Bonchev–Trinajstić information content (AvgIpc) is 2.48. The van der Waals surface area contributed by atoms with Crippen LogP contribution in [0, 0.1) is 0 Å². The number of amides is 3. The summed E-state index contributed by atoms with van der Waals surface area (Å²) in [5.74, 6) is -0.131. The van der Waals surface area contributed by atoms with Crippen molar-refractivity contribution in [1.29, 1.82) is 0 Å². The van der Waals surface area contributed by atoms with Gasteiger partial charge in [-0.05, 0) is 48.0 Å². The fourth-order valence-corrected chi connectivity index (χ4v) is 2.00. The molecule has 110 valence electrons. The minimum Gasteiger partial charge on any atom is -0.324 e. The Balaban J connectivity index is 2.30. The highest BCUT2D eigenvalue weighted by molar-refractivity contribution is 6.06. The molecule has 1 aliphatic rings. The van der Waals surface area contributed by atoms with E-state index in [0.717, 1.165) is 26.1 Å². The summed E-state index contributed by atoms with van der Waals surface area (Å²) >= 11 is 0. The van der Waals surface area contributed by atoms with Crippen LogP contribution in [0.3, 0.4) is 0 Å². The minimum absolute atomic E-state index is 0.131. The van der Waals surface area contributed by atoms with E-state index in [9.17, 15) is 9.59 Å². The molecule has 1 aliphatic heterocycles. The molecule has 1 N–H and O–H groups in total. The van der Waals surface area contributed by atoms with E-state index >= 15 is 0 Å². The third kappa shape index (κ3) is 4.47. The molecule has 0 bridgehead atoms. The molecule has 0 aromatic rings. The Morgan fingerprint density at radius 3 is 2.21 bits per heavy atom. The lowest BCUT2D eigenvalue weighted by molar-refractivity contribution is -0.130. The van der Waals surface area contributed by atoms with Gasteiger partial charge in [-0.1, -0.05) is 0 Å². The van der Waals surface area contributed by atoms with Crippen LogP contribution in [-0.2, 0) is 4.79 Å². The lowest BCUT2D eigenvalue weighted by Crippen LogP contribution is -2.40. The third-order valence-electron chi connectivity index (χ3n) is 3.29. The van der Waals surface area contributed by atoms with Gasteiger partial charge >= 0.3 is 6.03 Å². The van der Waals surface area contributed by atoms with Crippen LogP contribution in [0.4, 0.5) is 4.79 Å². The van der Waals surface area contributed by atoms with Crippen molar-refractivity contribution in [2.24, 2.45) is 0 Å². The molecule has 0 radical (unpaired) electrons. The maximum atomic E-state index is 12.0. The number of hydrogen-bond donors (Lipinski definition) is 1. The van der Waals surface area contributed by atoms with Crippen LogP contribution >= 0.6 is 0 Å². The maximum absolute atomic E-state index is 12.0. The number of hydrogen-bond acceptors (Lipinski definition) is 4. The number of likely N-dealkylation sites (N-methyl/N-ethyl adjacent to an activating group) is 2. The molecule has 6 heteroatoms. The molecular formula is C13H26N4O2. The highest BCUT2D eigenvalue weighted by Crippen LogP contribution is 2.16. The molecule has 0 saturated carbocycles. The molecule has 1 heterocycles. The van der Waals surface area contributed by atoms with Crippen LogP contribution < -0.4 is 5.32 Å². The summed E-state index contributed by atoms with van der Waals surface area (Å²) in [7, 11) is 6.14. The molecule has 0 aliphatic carbocycles. The van der Waals surface area contributed by atoms with Crippen molar-refractivity contribution in [3.63, 3.8) is 0 Å². The summed E-state index contributed by atoms with van der Waals surface area (Å²) in [5, 5.41) is 2.69. The van der Waals surface area contributed by atoms with Crippen molar-refractivity contribution < 1.29 is 9.59 Å². The standard InChI is InChI=1S/C13H26N4O2/c1-13(2)11(18)17(12(19)14-13)8-6-7-16(5)10-9-15(3)4/h6-10H2,1-5H3,(H,14,19). The van der Waals surface area contributed by atoms with Gasteiger partial charge < -0.3 is 15.1 Å². The summed E-state index contributed by atoms with van der Waals surface area (Å²) in [6.07, 6.45) is 0.805. The second kappa shape index (κ2) is 6.34. The summed E-state index contributed by atoms with van der Waals surface area (Å²) in [6, 6.07) is -0.272. The Labute approximate surface area is 115 Å².